The highest BCUT2D eigenvalue weighted by Crippen LogP contribution is 2.30. The first-order chi connectivity index (χ1) is 7.99. The number of fused-ring (bicyclic) bond motifs is 1. The quantitative estimate of drug-likeness (QED) is 0.788. The van der Waals surface area contributed by atoms with Gasteiger partial charge in [0.05, 0.1) is 0 Å². The summed E-state index contributed by atoms with van der Waals surface area (Å²) in [4.78, 5) is 0. The second-order valence-electron chi connectivity index (χ2n) is 3.76. The van der Waals surface area contributed by atoms with E-state index < -0.39 is 11.9 Å². The van der Waals surface area contributed by atoms with Gasteiger partial charge in [-0.15, -0.1) is 0 Å². The summed E-state index contributed by atoms with van der Waals surface area (Å²) in [6, 6.07) is 5.38. The molecule has 17 heavy (non-hydrogen) atoms. The average molecular weight is 238 g/mol. The maximum absolute atomic E-state index is 13.5. The molecule has 2 aromatic carbocycles. The molecular formula is C13H9F3O. The fraction of sp³-hybridized carbons (Fsp3) is 0.0769. The van der Waals surface area contributed by atoms with Crippen molar-refractivity contribution in [2.45, 2.75) is 6.92 Å². The van der Waals surface area contributed by atoms with Crippen LogP contribution in [-0.2, 0) is 0 Å². The molecule has 0 spiro atoms. The van der Waals surface area contributed by atoms with E-state index in [2.05, 4.69) is 0 Å². The second-order valence-corrected chi connectivity index (χ2v) is 3.76. The Morgan fingerprint density at radius 1 is 1.24 bits per heavy atom. The number of phenolic OH excluding ortho intramolecular Hbond substituents is 1. The Labute approximate surface area is 95.8 Å². The number of phenols is 1. The lowest BCUT2D eigenvalue weighted by Crippen LogP contribution is -1.89. The maximum atomic E-state index is 13.5. The molecule has 0 bridgehead atoms. The van der Waals surface area contributed by atoms with Gasteiger partial charge in [0.2, 0.25) is 0 Å². The zero-order valence-corrected chi connectivity index (χ0v) is 8.97. The number of hydrogen-bond donors (Lipinski definition) is 1. The maximum Gasteiger partial charge on any atom is 0.271 e. The van der Waals surface area contributed by atoms with E-state index in [9.17, 15) is 18.3 Å². The van der Waals surface area contributed by atoms with Gasteiger partial charge in [-0.25, -0.2) is 4.39 Å². The Balaban J connectivity index is 2.90. The Morgan fingerprint density at radius 2 is 1.94 bits per heavy atom. The number of aryl methyl sites for hydroxylation is 1. The minimum Gasteiger partial charge on any atom is -0.508 e. The highest BCUT2D eigenvalue weighted by atomic mass is 19.3. The topological polar surface area (TPSA) is 20.2 Å². The van der Waals surface area contributed by atoms with Crippen LogP contribution in [0, 0.1) is 12.7 Å². The van der Waals surface area contributed by atoms with Crippen molar-refractivity contribution in [2.24, 2.45) is 0 Å². The van der Waals surface area contributed by atoms with Crippen LogP contribution in [0.4, 0.5) is 13.2 Å². The minimum absolute atomic E-state index is 0.0252. The molecule has 2 rings (SSSR count). The third-order valence-electron chi connectivity index (χ3n) is 2.54. The van der Waals surface area contributed by atoms with Gasteiger partial charge in [-0.2, -0.15) is 8.78 Å². The number of aromatic hydroxyl groups is 1. The summed E-state index contributed by atoms with van der Waals surface area (Å²) in [7, 11) is 0. The van der Waals surface area contributed by atoms with Gasteiger partial charge in [0.15, 0.2) is 0 Å². The van der Waals surface area contributed by atoms with Gasteiger partial charge in [0.25, 0.3) is 6.08 Å². The van der Waals surface area contributed by atoms with Crippen molar-refractivity contribution < 1.29 is 18.3 Å². The fourth-order valence-corrected chi connectivity index (χ4v) is 1.92. The van der Waals surface area contributed by atoms with Crippen LogP contribution in [0.2, 0.25) is 0 Å². The van der Waals surface area contributed by atoms with Crippen molar-refractivity contribution in [1.29, 1.82) is 0 Å². The molecule has 0 unspecified atom stereocenters. The second kappa shape index (κ2) is 4.13. The standard InChI is InChI=1S/C13H9F3O/c1-7-4-9(17)5-8-2-3-11(14)10(13(7)8)6-12(15)16/h2-6,17H,1H3. The molecule has 88 valence electrons. The predicted molar refractivity (Wildman–Crippen MR) is 60.5 cm³/mol. The van der Waals surface area contributed by atoms with Crippen molar-refractivity contribution in [3.63, 3.8) is 0 Å². The lowest BCUT2D eigenvalue weighted by molar-refractivity contribution is 0.429. The van der Waals surface area contributed by atoms with E-state index in [-0.39, 0.29) is 11.3 Å². The lowest BCUT2D eigenvalue weighted by atomic mass is 9.99. The first kappa shape index (κ1) is 11.5. The third-order valence-corrected chi connectivity index (χ3v) is 2.54. The Kier molecular flexibility index (Phi) is 2.79. The van der Waals surface area contributed by atoms with Gasteiger partial charge in [0, 0.05) is 11.6 Å². The third kappa shape index (κ3) is 2.11. The van der Waals surface area contributed by atoms with Crippen LogP contribution in [0.5, 0.6) is 5.75 Å². The number of hydrogen-bond acceptors (Lipinski definition) is 1. The first-order valence-electron chi connectivity index (χ1n) is 4.93. The average Bonchev–Trinajstić information content (AvgIpc) is 2.21. The van der Waals surface area contributed by atoms with E-state index in [1.165, 1.54) is 18.2 Å². The molecule has 0 saturated carbocycles. The van der Waals surface area contributed by atoms with Gasteiger partial charge in [-0.1, -0.05) is 6.07 Å². The molecule has 0 fully saturated rings. The van der Waals surface area contributed by atoms with Crippen molar-refractivity contribution in [2.75, 3.05) is 0 Å². The summed E-state index contributed by atoms with van der Waals surface area (Å²) in [6.45, 7) is 1.63. The monoisotopic (exact) mass is 238 g/mol. The summed E-state index contributed by atoms with van der Waals surface area (Å²) >= 11 is 0. The molecule has 0 heterocycles. The van der Waals surface area contributed by atoms with Gasteiger partial charge < -0.3 is 5.11 Å². The SMILES string of the molecule is Cc1cc(O)cc2ccc(F)c(C=C(F)F)c12. The van der Waals surface area contributed by atoms with E-state index in [0.29, 0.717) is 22.4 Å². The Morgan fingerprint density at radius 3 is 2.59 bits per heavy atom. The minimum atomic E-state index is -1.95. The summed E-state index contributed by atoms with van der Waals surface area (Å²) < 4.78 is 38.1. The van der Waals surface area contributed by atoms with E-state index in [4.69, 9.17) is 0 Å². The van der Waals surface area contributed by atoms with E-state index in [1.807, 2.05) is 0 Å². The summed E-state index contributed by atoms with van der Waals surface area (Å²) in [5.74, 6) is -0.684. The van der Waals surface area contributed by atoms with Gasteiger partial charge in [0.1, 0.15) is 11.6 Å². The molecule has 0 aliphatic carbocycles. The highest BCUT2D eigenvalue weighted by molar-refractivity contribution is 5.94. The number of benzene rings is 2. The normalized spacial score (nSPS) is 10.6. The van der Waals surface area contributed by atoms with Crippen molar-refractivity contribution >= 4 is 16.8 Å². The summed E-state index contributed by atoms with van der Waals surface area (Å²) in [5, 5.41) is 10.3. The van der Waals surface area contributed by atoms with Gasteiger partial charge in [-0.3, -0.25) is 0 Å². The van der Waals surface area contributed by atoms with Crippen LogP contribution in [0.3, 0.4) is 0 Å². The summed E-state index contributed by atoms with van der Waals surface area (Å²) in [5.41, 5.74) is 0.395. The van der Waals surface area contributed by atoms with E-state index >= 15 is 0 Å². The number of rotatable bonds is 1. The summed E-state index contributed by atoms with van der Waals surface area (Å²) in [6.07, 6.45) is -1.45. The zero-order valence-electron chi connectivity index (χ0n) is 8.97. The smallest absolute Gasteiger partial charge is 0.271 e. The van der Waals surface area contributed by atoms with Gasteiger partial charge in [-0.05, 0) is 41.5 Å². The van der Waals surface area contributed by atoms with Crippen molar-refractivity contribution in [3.05, 3.63) is 47.3 Å². The van der Waals surface area contributed by atoms with Crippen molar-refractivity contribution in [1.82, 2.24) is 0 Å². The molecule has 0 aliphatic heterocycles. The molecular weight excluding hydrogens is 229 g/mol. The van der Waals surface area contributed by atoms with Crippen LogP contribution in [0.1, 0.15) is 11.1 Å². The van der Waals surface area contributed by atoms with Crippen LogP contribution < -0.4 is 0 Å². The molecule has 2 aromatic rings. The molecule has 0 aromatic heterocycles. The van der Waals surface area contributed by atoms with Crippen LogP contribution in [0.25, 0.3) is 16.8 Å². The van der Waals surface area contributed by atoms with Crippen molar-refractivity contribution in [3.8, 4) is 5.75 Å². The lowest BCUT2D eigenvalue weighted by Gasteiger charge is -2.08. The zero-order chi connectivity index (χ0) is 12.6. The molecule has 0 radical (unpaired) electrons. The van der Waals surface area contributed by atoms with Crippen LogP contribution in [0.15, 0.2) is 30.3 Å². The molecule has 1 nitrogen and oxygen atoms in total. The van der Waals surface area contributed by atoms with E-state index in [0.717, 1.165) is 6.07 Å². The molecule has 0 aliphatic rings. The molecule has 0 saturated heterocycles. The molecule has 0 atom stereocenters. The first-order valence-corrected chi connectivity index (χ1v) is 4.93. The molecule has 4 heteroatoms. The molecule has 0 amide bonds. The largest absolute Gasteiger partial charge is 0.508 e. The fourth-order valence-electron chi connectivity index (χ4n) is 1.92. The van der Waals surface area contributed by atoms with Gasteiger partial charge >= 0.3 is 0 Å². The van der Waals surface area contributed by atoms with Crippen LogP contribution >= 0.6 is 0 Å². The Hall–Kier alpha value is -1.97. The predicted octanol–water partition coefficient (Wildman–Crippen LogP) is 4.23. The molecule has 1 N–H and O–H groups in total. The highest BCUT2D eigenvalue weighted by Gasteiger charge is 2.10. The number of halogens is 3. The van der Waals surface area contributed by atoms with E-state index in [1.54, 1.807) is 6.92 Å². The Bertz CT molecular complexity index is 614. The van der Waals surface area contributed by atoms with Crippen LogP contribution in [-0.4, -0.2) is 5.11 Å².